The van der Waals surface area contributed by atoms with Crippen LogP contribution in [0.1, 0.15) is 17.5 Å². The molecule has 1 fully saturated rings. The number of quaternary nitrogens is 1. The number of benzene rings is 1. The van der Waals surface area contributed by atoms with Crippen LogP contribution in [0.25, 0.3) is 0 Å². The van der Waals surface area contributed by atoms with Crippen molar-refractivity contribution >= 4 is 26.0 Å². The zero-order chi connectivity index (χ0) is 16.2. The standard InChI is InChI=1S/C15H23BrN2O3S/c1-12-11-15(13(2)10-14(12)16)22(19,20)17-4-3-5-18-6-8-21-9-7-18/h10-11,17H,3-9H2,1-2H3/p+1. The van der Waals surface area contributed by atoms with Crippen LogP contribution in [0.4, 0.5) is 0 Å². The monoisotopic (exact) mass is 391 g/mol. The van der Waals surface area contributed by atoms with Gasteiger partial charge in [-0.25, -0.2) is 13.1 Å². The van der Waals surface area contributed by atoms with Crippen LogP contribution in [0.15, 0.2) is 21.5 Å². The first-order valence-corrected chi connectivity index (χ1v) is 9.85. The molecule has 1 heterocycles. The number of sulfonamides is 1. The first-order valence-electron chi connectivity index (χ1n) is 7.58. The van der Waals surface area contributed by atoms with Gasteiger partial charge in [0.25, 0.3) is 0 Å². The lowest BCUT2D eigenvalue weighted by molar-refractivity contribution is -0.908. The Morgan fingerprint density at radius 1 is 1.23 bits per heavy atom. The maximum atomic E-state index is 12.4. The molecule has 0 aliphatic carbocycles. The van der Waals surface area contributed by atoms with Crippen LogP contribution in [0.3, 0.4) is 0 Å². The maximum Gasteiger partial charge on any atom is 0.240 e. The molecule has 0 spiro atoms. The second kappa shape index (κ2) is 7.88. The quantitative estimate of drug-likeness (QED) is 0.699. The van der Waals surface area contributed by atoms with Crippen molar-refractivity contribution in [2.24, 2.45) is 0 Å². The molecule has 1 aromatic rings. The van der Waals surface area contributed by atoms with Crippen LogP contribution in [-0.2, 0) is 14.8 Å². The predicted molar refractivity (Wildman–Crippen MR) is 89.8 cm³/mol. The lowest BCUT2D eigenvalue weighted by Gasteiger charge is -2.23. The Morgan fingerprint density at radius 2 is 1.91 bits per heavy atom. The number of halogens is 1. The number of nitrogens with one attached hydrogen (secondary N) is 2. The Bertz CT molecular complexity index is 613. The van der Waals surface area contributed by atoms with Gasteiger partial charge in [-0.3, -0.25) is 0 Å². The fourth-order valence-corrected chi connectivity index (χ4v) is 4.42. The highest BCUT2D eigenvalue weighted by Gasteiger charge is 2.18. The van der Waals surface area contributed by atoms with Gasteiger partial charge < -0.3 is 9.64 Å². The molecule has 22 heavy (non-hydrogen) atoms. The number of rotatable bonds is 6. The van der Waals surface area contributed by atoms with Crippen molar-refractivity contribution in [2.75, 3.05) is 39.4 Å². The molecule has 0 saturated carbocycles. The van der Waals surface area contributed by atoms with Crippen LogP contribution in [0.2, 0.25) is 0 Å². The van der Waals surface area contributed by atoms with Gasteiger partial charge in [-0.2, -0.15) is 0 Å². The summed E-state index contributed by atoms with van der Waals surface area (Å²) >= 11 is 3.43. The van der Waals surface area contributed by atoms with Crippen molar-refractivity contribution in [3.63, 3.8) is 0 Å². The van der Waals surface area contributed by atoms with Crippen LogP contribution in [0.5, 0.6) is 0 Å². The van der Waals surface area contributed by atoms with E-state index in [-0.39, 0.29) is 0 Å². The normalized spacial score (nSPS) is 16.9. The second-order valence-electron chi connectivity index (χ2n) is 5.73. The largest absolute Gasteiger partial charge is 0.370 e. The second-order valence-corrected chi connectivity index (χ2v) is 8.32. The van der Waals surface area contributed by atoms with E-state index in [0.29, 0.717) is 11.4 Å². The lowest BCUT2D eigenvalue weighted by Crippen LogP contribution is -3.14. The van der Waals surface area contributed by atoms with E-state index in [1.807, 2.05) is 19.9 Å². The highest BCUT2D eigenvalue weighted by Crippen LogP contribution is 2.24. The molecule has 0 aromatic heterocycles. The number of ether oxygens (including phenoxy) is 1. The average molecular weight is 392 g/mol. The minimum Gasteiger partial charge on any atom is -0.370 e. The van der Waals surface area contributed by atoms with Crippen LogP contribution < -0.4 is 9.62 Å². The molecule has 124 valence electrons. The van der Waals surface area contributed by atoms with Crippen LogP contribution >= 0.6 is 15.9 Å². The summed E-state index contributed by atoms with van der Waals surface area (Å²) in [4.78, 5) is 1.85. The molecule has 7 heteroatoms. The van der Waals surface area contributed by atoms with Crippen molar-refractivity contribution < 1.29 is 18.1 Å². The van der Waals surface area contributed by atoms with Gasteiger partial charge in [0.15, 0.2) is 0 Å². The Kier molecular flexibility index (Phi) is 6.40. The molecular formula is C15H24BrN2O3S+. The predicted octanol–water partition coefficient (Wildman–Crippen LogP) is 0.649. The summed E-state index contributed by atoms with van der Waals surface area (Å²) in [7, 11) is -3.44. The average Bonchev–Trinajstić information content (AvgIpc) is 2.48. The topological polar surface area (TPSA) is 59.8 Å². The van der Waals surface area contributed by atoms with Gasteiger partial charge in [-0.05, 0) is 37.1 Å². The molecule has 0 atom stereocenters. The van der Waals surface area contributed by atoms with Gasteiger partial charge in [-0.15, -0.1) is 0 Å². The van der Waals surface area contributed by atoms with E-state index < -0.39 is 10.0 Å². The summed E-state index contributed by atoms with van der Waals surface area (Å²) in [6.45, 7) is 8.79. The van der Waals surface area contributed by atoms with Crippen molar-refractivity contribution in [3.05, 3.63) is 27.7 Å². The molecule has 5 nitrogen and oxygen atoms in total. The third-order valence-electron chi connectivity index (χ3n) is 3.94. The Labute approximate surface area is 141 Å². The van der Waals surface area contributed by atoms with E-state index in [1.54, 1.807) is 6.07 Å². The Hall–Kier alpha value is -0.470. The number of hydrogen-bond acceptors (Lipinski definition) is 3. The van der Waals surface area contributed by atoms with E-state index in [4.69, 9.17) is 4.74 Å². The van der Waals surface area contributed by atoms with E-state index in [0.717, 1.165) is 54.9 Å². The molecule has 1 aliphatic heterocycles. The van der Waals surface area contributed by atoms with E-state index in [1.165, 1.54) is 4.90 Å². The Morgan fingerprint density at radius 3 is 2.59 bits per heavy atom. The Balaban J connectivity index is 1.89. The van der Waals surface area contributed by atoms with E-state index >= 15 is 0 Å². The van der Waals surface area contributed by atoms with Gasteiger partial charge in [-0.1, -0.05) is 15.9 Å². The third-order valence-corrected chi connectivity index (χ3v) is 6.40. The summed E-state index contributed by atoms with van der Waals surface area (Å²) in [6, 6.07) is 3.57. The summed E-state index contributed by atoms with van der Waals surface area (Å²) < 4.78 is 33.8. The molecule has 0 unspecified atom stereocenters. The van der Waals surface area contributed by atoms with Crippen LogP contribution in [-0.4, -0.2) is 47.8 Å². The van der Waals surface area contributed by atoms with Gasteiger partial charge in [0, 0.05) is 17.4 Å². The van der Waals surface area contributed by atoms with Crippen molar-refractivity contribution in [1.29, 1.82) is 0 Å². The number of aryl methyl sites for hydroxylation is 2. The zero-order valence-corrected chi connectivity index (χ0v) is 15.5. The van der Waals surface area contributed by atoms with Gasteiger partial charge in [0.05, 0.1) is 24.7 Å². The molecule has 1 aromatic carbocycles. The molecule has 1 saturated heterocycles. The molecule has 0 bridgehead atoms. The third kappa shape index (κ3) is 4.76. The van der Waals surface area contributed by atoms with Crippen LogP contribution in [0, 0.1) is 13.8 Å². The molecular weight excluding hydrogens is 368 g/mol. The SMILES string of the molecule is Cc1cc(S(=O)(=O)NCCC[NH+]2CCOCC2)c(C)cc1Br. The maximum absolute atomic E-state index is 12.4. The lowest BCUT2D eigenvalue weighted by atomic mass is 10.2. The van der Waals surface area contributed by atoms with E-state index in [2.05, 4.69) is 20.7 Å². The molecule has 0 radical (unpaired) electrons. The molecule has 1 aliphatic rings. The van der Waals surface area contributed by atoms with Gasteiger partial charge in [0.2, 0.25) is 10.0 Å². The van der Waals surface area contributed by atoms with Gasteiger partial charge in [0.1, 0.15) is 13.1 Å². The minimum atomic E-state index is -3.44. The summed E-state index contributed by atoms with van der Waals surface area (Å²) in [5, 5.41) is 0. The first kappa shape index (κ1) is 17.9. The summed E-state index contributed by atoms with van der Waals surface area (Å²) in [6.07, 6.45) is 0.836. The highest BCUT2D eigenvalue weighted by molar-refractivity contribution is 9.10. The van der Waals surface area contributed by atoms with Crippen molar-refractivity contribution in [1.82, 2.24) is 4.72 Å². The van der Waals surface area contributed by atoms with Crippen molar-refractivity contribution in [2.45, 2.75) is 25.2 Å². The fourth-order valence-electron chi connectivity index (χ4n) is 2.58. The highest BCUT2D eigenvalue weighted by atomic mass is 79.9. The molecule has 2 rings (SSSR count). The molecule has 2 N–H and O–H groups in total. The number of hydrogen-bond donors (Lipinski definition) is 2. The van der Waals surface area contributed by atoms with E-state index in [9.17, 15) is 8.42 Å². The minimum absolute atomic E-state index is 0.368. The smallest absolute Gasteiger partial charge is 0.240 e. The first-order chi connectivity index (χ1) is 10.4. The number of morpholine rings is 1. The van der Waals surface area contributed by atoms with Gasteiger partial charge >= 0.3 is 0 Å². The summed E-state index contributed by atoms with van der Waals surface area (Å²) in [5.74, 6) is 0. The van der Waals surface area contributed by atoms with Crippen molar-refractivity contribution in [3.8, 4) is 0 Å². The molecule has 0 amide bonds. The zero-order valence-electron chi connectivity index (χ0n) is 13.1. The summed E-state index contributed by atoms with van der Waals surface area (Å²) in [5.41, 5.74) is 1.67. The fraction of sp³-hybridized carbons (Fsp3) is 0.600.